The van der Waals surface area contributed by atoms with Gasteiger partial charge in [0.1, 0.15) is 6.04 Å². The summed E-state index contributed by atoms with van der Waals surface area (Å²) < 4.78 is 0. The number of nitrogens with zero attached hydrogens (tertiary/aromatic N) is 1. The van der Waals surface area contributed by atoms with Gasteiger partial charge >= 0.3 is 0 Å². The Morgan fingerprint density at radius 2 is 1.62 bits per heavy atom. The Bertz CT molecular complexity index is 1080. The Morgan fingerprint density at radius 3 is 2.32 bits per heavy atom. The van der Waals surface area contributed by atoms with Crippen LogP contribution in [0.25, 0.3) is 0 Å². The van der Waals surface area contributed by atoms with Crippen molar-refractivity contribution < 1.29 is 9.59 Å². The molecule has 0 aromatic heterocycles. The van der Waals surface area contributed by atoms with Crippen LogP contribution in [0, 0.1) is 6.92 Å². The number of hydrogen-bond acceptors (Lipinski definition) is 2. The largest absolute Gasteiger partial charge is 0.354 e. The van der Waals surface area contributed by atoms with Gasteiger partial charge in [-0.25, -0.2) is 0 Å². The number of aryl methyl sites for hydroxylation is 1. The minimum absolute atomic E-state index is 0.102. The predicted octanol–water partition coefficient (Wildman–Crippen LogP) is 5.75. The second kappa shape index (κ2) is 13.0. The number of rotatable bonds is 11. The number of carbonyl (C=O) groups excluding carboxylic acids is 2. The van der Waals surface area contributed by atoms with Gasteiger partial charge in [-0.3, -0.25) is 9.59 Å². The molecule has 0 fully saturated rings. The summed E-state index contributed by atoms with van der Waals surface area (Å²) in [6.45, 7) is 5.08. The van der Waals surface area contributed by atoms with Gasteiger partial charge in [-0.2, -0.15) is 0 Å². The lowest BCUT2D eigenvalue weighted by atomic mass is 10.0. The van der Waals surface area contributed by atoms with E-state index in [2.05, 4.69) is 18.3 Å². The molecule has 34 heavy (non-hydrogen) atoms. The number of hydrogen-bond donors (Lipinski definition) is 1. The lowest BCUT2D eigenvalue weighted by Crippen LogP contribution is -2.51. The third-order valence-electron chi connectivity index (χ3n) is 5.78. The van der Waals surface area contributed by atoms with Crippen LogP contribution in [-0.2, 0) is 29.0 Å². The Balaban J connectivity index is 1.94. The van der Waals surface area contributed by atoms with E-state index in [0.717, 1.165) is 35.1 Å². The highest BCUT2D eigenvalue weighted by Crippen LogP contribution is 2.18. The molecule has 1 atom stereocenters. The van der Waals surface area contributed by atoms with Crippen LogP contribution in [0.1, 0.15) is 42.0 Å². The van der Waals surface area contributed by atoms with E-state index in [-0.39, 0.29) is 18.2 Å². The Morgan fingerprint density at radius 1 is 0.912 bits per heavy atom. The topological polar surface area (TPSA) is 49.4 Å². The van der Waals surface area contributed by atoms with E-state index in [9.17, 15) is 9.59 Å². The number of amides is 2. The molecule has 3 rings (SSSR count). The first-order chi connectivity index (χ1) is 16.5. The molecule has 2 amide bonds. The standard InChI is InChI=1S/C29H33ClN2O2/c1-3-4-16-31-29(34)27(19-23-11-6-5-7-12-23)32(21-25-14-8-10-22(2)17-25)28(33)20-24-13-9-15-26(30)18-24/h5-15,17-18,27H,3-4,16,19-21H2,1-2H3,(H,31,34)/t27-/m0/s1. The van der Waals surface area contributed by atoms with Crippen LogP contribution in [0.4, 0.5) is 0 Å². The van der Waals surface area contributed by atoms with E-state index in [4.69, 9.17) is 11.6 Å². The van der Waals surface area contributed by atoms with Crippen LogP contribution in [-0.4, -0.2) is 29.3 Å². The van der Waals surface area contributed by atoms with E-state index in [1.807, 2.05) is 67.6 Å². The van der Waals surface area contributed by atoms with Crippen molar-refractivity contribution in [3.63, 3.8) is 0 Å². The summed E-state index contributed by atoms with van der Waals surface area (Å²) in [4.78, 5) is 28.8. The first-order valence-electron chi connectivity index (χ1n) is 11.9. The molecule has 0 spiro atoms. The van der Waals surface area contributed by atoms with E-state index >= 15 is 0 Å². The van der Waals surface area contributed by atoms with Crippen LogP contribution < -0.4 is 5.32 Å². The molecule has 3 aromatic rings. The molecule has 5 heteroatoms. The van der Waals surface area contributed by atoms with Crippen LogP contribution >= 0.6 is 11.6 Å². The van der Waals surface area contributed by atoms with Crippen molar-refractivity contribution in [3.05, 3.63) is 106 Å². The smallest absolute Gasteiger partial charge is 0.243 e. The first-order valence-corrected chi connectivity index (χ1v) is 12.2. The fourth-order valence-corrected chi connectivity index (χ4v) is 4.20. The molecular formula is C29H33ClN2O2. The molecule has 0 saturated carbocycles. The maximum atomic E-state index is 13.7. The molecule has 0 aliphatic rings. The quantitative estimate of drug-likeness (QED) is 0.358. The summed E-state index contributed by atoms with van der Waals surface area (Å²) in [6.07, 6.45) is 2.52. The summed E-state index contributed by atoms with van der Waals surface area (Å²) in [5, 5.41) is 3.65. The average Bonchev–Trinajstić information content (AvgIpc) is 2.82. The average molecular weight is 477 g/mol. The normalized spacial score (nSPS) is 11.6. The van der Waals surface area contributed by atoms with Crippen molar-refractivity contribution in [2.45, 2.75) is 52.1 Å². The molecule has 0 heterocycles. The SMILES string of the molecule is CCCCNC(=O)[C@H](Cc1ccccc1)N(Cc1cccc(C)c1)C(=O)Cc1cccc(Cl)c1. The van der Waals surface area contributed by atoms with E-state index in [0.29, 0.717) is 24.5 Å². The second-order valence-electron chi connectivity index (χ2n) is 8.67. The van der Waals surface area contributed by atoms with Crippen LogP contribution in [0.15, 0.2) is 78.9 Å². The lowest BCUT2D eigenvalue weighted by Gasteiger charge is -2.32. The van der Waals surface area contributed by atoms with Gasteiger partial charge in [0.25, 0.3) is 0 Å². The Labute approximate surface area is 207 Å². The van der Waals surface area contributed by atoms with Crippen molar-refractivity contribution in [2.75, 3.05) is 6.54 Å². The number of nitrogens with one attached hydrogen (secondary N) is 1. The van der Waals surface area contributed by atoms with E-state index in [1.165, 1.54) is 0 Å². The zero-order valence-corrected chi connectivity index (χ0v) is 20.7. The lowest BCUT2D eigenvalue weighted by molar-refractivity contribution is -0.140. The van der Waals surface area contributed by atoms with Crippen molar-refractivity contribution in [1.82, 2.24) is 10.2 Å². The molecule has 1 N–H and O–H groups in total. The van der Waals surface area contributed by atoms with Crippen LogP contribution in [0.3, 0.4) is 0 Å². The molecule has 0 aliphatic carbocycles. The van der Waals surface area contributed by atoms with Gasteiger partial charge in [0.05, 0.1) is 6.42 Å². The molecule has 4 nitrogen and oxygen atoms in total. The molecule has 0 radical (unpaired) electrons. The van der Waals surface area contributed by atoms with Gasteiger partial charge in [-0.05, 0) is 42.2 Å². The minimum Gasteiger partial charge on any atom is -0.354 e. The summed E-state index contributed by atoms with van der Waals surface area (Å²) >= 11 is 6.16. The monoisotopic (exact) mass is 476 g/mol. The fourth-order valence-electron chi connectivity index (χ4n) is 3.99. The van der Waals surface area contributed by atoms with E-state index in [1.54, 1.807) is 17.0 Å². The third kappa shape index (κ3) is 7.74. The molecule has 0 aliphatic heterocycles. The summed E-state index contributed by atoms with van der Waals surface area (Å²) in [5.74, 6) is -0.222. The maximum Gasteiger partial charge on any atom is 0.243 e. The van der Waals surface area contributed by atoms with Crippen LogP contribution in [0.2, 0.25) is 5.02 Å². The van der Waals surface area contributed by atoms with Crippen molar-refractivity contribution in [1.29, 1.82) is 0 Å². The molecule has 0 bridgehead atoms. The highest BCUT2D eigenvalue weighted by molar-refractivity contribution is 6.30. The van der Waals surface area contributed by atoms with Gasteiger partial charge in [-0.1, -0.05) is 97.2 Å². The highest BCUT2D eigenvalue weighted by atomic mass is 35.5. The minimum atomic E-state index is -0.619. The van der Waals surface area contributed by atoms with Crippen LogP contribution in [0.5, 0.6) is 0 Å². The first kappa shape index (κ1) is 25.5. The Kier molecular flexibility index (Phi) is 9.72. The maximum absolute atomic E-state index is 13.7. The van der Waals surface area contributed by atoms with Crippen molar-refractivity contribution in [3.8, 4) is 0 Å². The number of carbonyl (C=O) groups is 2. The molecule has 178 valence electrons. The number of halogens is 1. The number of benzene rings is 3. The molecule has 3 aromatic carbocycles. The molecular weight excluding hydrogens is 444 g/mol. The van der Waals surface area contributed by atoms with Gasteiger partial charge < -0.3 is 10.2 Å². The summed E-state index contributed by atoms with van der Waals surface area (Å²) in [6, 6.07) is 24.7. The van der Waals surface area contributed by atoms with Crippen molar-refractivity contribution in [2.24, 2.45) is 0 Å². The zero-order chi connectivity index (χ0) is 24.3. The van der Waals surface area contributed by atoms with Gasteiger partial charge in [0.15, 0.2) is 0 Å². The highest BCUT2D eigenvalue weighted by Gasteiger charge is 2.30. The van der Waals surface area contributed by atoms with Gasteiger partial charge in [0, 0.05) is 24.5 Å². The number of unbranched alkanes of at least 4 members (excludes halogenated alkanes) is 1. The zero-order valence-electron chi connectivity index (χ0n) is 20.0. The molecule has 0 unspecified atom stereocenters. The molecule has 0 saturated heterocycles. The second-order valence-corrected chi connectivity index (χ2v) is 9.10. The van der Waals surface area contributed by atoms with Gasteiger partial charge in [0.2, 0.25) is 11.8 Å². The third-order valence-corrected chi connectivity index (χ3v) is 6.02. The van der Waals surface area contributed by atoms with Gasteiger partial charge in [-0.15, -0.1) is 0 Å². The fraction of sp³-hybridized carbons (Fsp3) is 0.310. The van der Waals surface area contributed by atoms with Crippen molar-refractivity contribution >= 4 is 23.4 Å². The summed E-state index contributed by atoms with van der Waals surface area (Å²) in [5.41, 5.74) is 3.96. The predicted molar refractivity (Wildman–Crippen MR) is 139 cm³/mol. The van der Waals surface area contributed by atoms with E-state index < -0.39 is 6.04 Å². The summed E-state index contributed by atoms with van der Waals surface area (Å²) in [7, 11) is 0. The Hall–Kier alpha value is -3.11.